The number of rotatable bonds is 0. The molecule has 0 atom stereocenters. The first kappa shape index (κ1) is 98.7. The molecule has 0 saturated carbocycles. The van der Waals surface area contributed by atoms with Crippen LogP contribution in [0.4, 0.5) is 0 Å². The van der Waals surface area contributed by atoms with Gasteiger partial charge in [-0.2, -0.15) is 9.97 Å². The molecule has 0 radical (unpaired) electrons. The van der Waals surface area contributed by atoms with E-state index in [-0.39, 0.29) is 65.0 Å². The summed E-state index contributed by atoms with van der Waals surface area (Å²) < 4.78 is 45.1. The molecule has 0 aliphatic carbocycles. The Morgan fingerprint density at radius 3 is 1.35 bits per heavy atom. The van der Waals surface area contributed by atoms with Crippen molar-refractivity contribution < 1.29 is 45.3 Å². The number of benzene rings is 1. The zero-order chi connectivity index (χ0) is 85.4. The monoisotopic (exact) mass is 1570 g/mol. The molecule has 0 spiro atoms. The number of oxazole rings is 3. The summed E-state index contributed by atoms with van der Waals surface area (Å²) in [5, 5.41) is 34.7. The summed E-state index contributed by atoms with van der Waals surface area (Å²) in [5.74, 6) is 6.48. The third-order valence-corrected chi connectivity index (χ3v) is 15.7. The first-order valence-corrected chi connectivity index (χ1v) is 38.5. The van der Waals surface area contributed by atoms with Crippen molar-refractivity contribution in [2.45, 2.75) is 310 Å². The van der Waals surface area contributed by atoms with Gasteiger partial charge in [0.15, 0.2) is 35.9 Å². The van der Waals surface area contributed by atoms with Gasteiger partial charge >= 0.3 is 0 Å². The molecule has 28 heteroatoms. The summed E-state index contributed by atoms with van der Waals surface area (Å²) in [6.45, 7) is 77.7. The van der Waals surface area contributed by atoms with Gasteiger partial charge in [0.05, 0.1) is 42.9 Å². The number of aromatic amines is 1. The Morgan fingerprint density at radius 1 is 0.446 bits per heavy atom. The van der Waals surface area contributed by atoms with E-state index in [0.29, 0.717) is 11.8 Å². The van der Waals surface area contributed by atoms with Gasteiger partial charge in [-0.25, -0.2) is 19.9 Å². The molecule has 1 aromatic carbocycles. The highest BCUT2D eigenvalue weighted by atomic mass is 32.1. The largest absolute Gasteiger partial charge is 0.479 e. The van der Waals surface area contributed by atoms with Crippen LogP contribution in [0.3, 0.4) is 0 Å². The number of hydrogen-bond donors (Lipinski definition) is 1. The molecule has 0 unspecified atom stereocenters. The van der Waals surface area contributed by atoms with E-state index in [1.807, 2.05) is 105 Å². The third kappa shape index (κ3) is 39.7. The lowest BCUT2D eigenvalue weighted by molar-refractivity contribution is 0.173. The van der Waals surface area contributed by atoms with Crippen LogP contribution in [0.1, 0.15) is 313 Å². The number of imidazole rings is 1. The van der Waals surface area contributed by atoms with Crippen LogP contribution < -0.4 is 0 Å². The first-order chi connectivity index (χ1) is 51.2. The molecule has 11 aromatic rings. The summed E-state index contributed by atoms with van der Waals surface area (Å²) >= 11 is 1.61. The smallest absolute Gasteiger partial charge is 0.231 e. The molecule has 10 aromatic heterocycles. The average molecular weight is 1580 g/mol. The molecule has 27 nitrogen and oxygen atoms in total. The van der Waals surface area contributed by atoms with Crippen LogP contribution in [0, 0.1) is 10.8 Å². The number of aromatic nitrogens is 15. The Morgan fingerprint density at radius 2 is 1.08 bits per heavy atom. The quantitative estimate of drug-likeness (QED) is 0.147. The van der Waals surface area contributed by atoms with Gasteiger partial charge in [0.25, 0.3) is 0 Å². The highest BCUT2D eigenvalue weighted by Crippen LogP contribution is 2.29. The Labute approximate surface area is 670 Å². The van der Waals surface area contributed by atoms with Gasteiger partial charge in [-0.3, -0.25) is 4.99 Å². The number of aliphatic imine (C=N–C) groups is 1. The summed E-state index contributed by atoms with van der Waals surface area (Å²) in [6, 6.07) is 11.6. The molecule has 622 valence electrons. The molecule has 0 fully saturated rings. The summed E-state index contributed by atoms with van der Waals surface area (Å²) in [4.78, 5) is 36.2. The van der Waals surface area contributed by atoms with Crippen molar-refractivity contribution in [1.82, 2.24) is 75.9 Å². The highest BCUT2D eigenvalue weighted by molar-refractivity contribution is 7.09. The minimum Gasteiger partial charge on any atom is -0.479 e. The van der Waals surface area contributed by atoms with Gasteiger partial charge in [0.1, 0.15) is 53.3 Å². The highest BCUT2D eigenvalue weighted by Gasteiger charge is 2.27. The Balaban J connectivity index is 0.000000415. The number of para-hydroxylation sites is 2. The van der Waals surface area contributed by atoms with Gasteiger partial charge < -0.3 is 50.3 Å². The van der Waals surface area contributed by atoms with E-state index < -0.39 is 0 Å². The van der Waals surface area contributed by atoms with Crippen molar-refractivity contribution >= 4 is 34.0 Å². The van der Waals surface area contributed by atoms with Crippen molar-refractivity contribution in [2.24, 2.45) is 21.0 Å². The molecular formula is C84H135N17O10S. The first-order valence-electron chi connectivity index (χ1n) is 37.6. The minimum absolute atomic E-state index is 0.00694. The molecule has 12 heterocycles. The zero-order valence-corrected chi connectivity index (χ0v) is 75.2. The number of hydrogen-bond acceptors (Lipinski definition) is 27. The van der Waals surface area contributed by atoms with E-state index in [4.69, 9.17) is 40.8 Å². The van der Waals surface area contributed by atoms with Crippen LogP contribution in [-0.4, -0.2) is 107 Å². The second kappa shape index (κ2) is 43.1. The van der Waals surface area contributed by atoms with Gasteiger partial charge in [0, 0.05) is 95.4 Å². The maximum Gasteiger partial charge on any atom is 0.231 e. The average Bonchev–Trinajstić information content (AvgIpc) is 1.67. The van der Waals surface area contributed by atoms with Crippen molar-refractivity contribution in [1.29, 1.82) is 0 Å². The number of nitrogens with zero attached hydrogens (tertiary/aromatic N) is 16. The van der Waals surface area contributed by atoms with Crippen molar-refractivity contribution in [3.8, 4) is 0 Å². The van der Waals surface area contributed by atoms with Crippen LogP contribution >= 0.6 is 11.3 Å². The maximum atomic E-state index is 5.62. The van der Waals surface area contributed by atoms with Gasteiger partial charge in [0.2, 0.25) is 30.5 Å². The molecule has 0 amide bonds. The fourth-order valence-corrected chi connectivity index (χ4v) is 8.50. The van der Waals surface area contributed by atoms with Crippen molar-refractivity contribution in [3.05, 3.63) is 168 Å². The Hall–Kier alpha value is -9.34. The Bertz CT molecular complexity index is 3500. The summed E-state index contributed by atoms with van der Waals surface area (Å²) in [7, 11) is 0. The molecule has 2 aliphatic rings. The predicted molar refractivity (Wildman–Crippen MR) is 444 cm³/mol. The van der Waals surface area contributed by atoms with Gasteiger partial charge in [-0.1, -0.05) is 287 Å². The topological polar surface area (TPSA) is 345 Å². The van der Waals surface area contributed by atoms with Crippen LogP contribution in [0.2, 0.25) is 0 Å². The van der Waals surface area contributed by atoms with Crippen LogP contribution in [0.25, 0.3) is 11.1 Å². The van der Waals surface area contributed by atoms with Gasteiger partial charge in [-0.05, 0) is 12.1 Å². The molecule has 13 rings (SSSR count). The van der Waals surface area contributed by atoms with Crippen LogP contribution in [0.15, 0.2) is 157 Å². The second-order valence-electron chi connectivity index (χ2n) is 38.6. The zero-order valence-electron chi connectivity index (χ0n) is 74.4. The number of ether oxygens (including phenoxy) is 1. The predicted octanol–water partition coefficient (Wildman–Crippen LogP) is 21.9. The number of fused-ring (bicyclic) bond motifs is 1. The molecular weight excluding hydrogens is 1440 g/mol. The molecule has 1 N–H and O–H groups in total. The van der Waals surface area contributed by atoms with Crippen molar-refractivity contribution in [3.63, 3.8) is 0 Å². The number of H-pyrrole nitrogens is 1. The van der Waals surface area contributed by atoms with E-state index in [1.54, 1.807) is 54.3 Å². The number of nitrogens with one attached hydrogen (secondary N) is 1. The summed E-state index contributed by atoms with van der Waals surface area (Å²) in [6.07, 6.45) is 18.4. The maximum absolute atomic E-state index is 5.62. The van der Waals surface area contributed by atoms with E-state index in [0.717, 1.165) is 83.0 Å². The molecule has 2 aliphatic heterocycles. The van der Waals surface area contributed by atoms with Crippen molar-refractivity contribution in [2.75, 3.05) is 19.8 Å². The van der Waals surface area contributed by atoms with E-state index in [9.17, 15) is 0 Å². The lowest BCUT2D eigenvalue weighted by Crippen LogP contribution is -2.20. The molecule has 0 bridgehead atoms. The Kier molecular flexibility index (Phi) is 38.0. The third-order valence-electron chi connectivity index (χ3n) is 14.6. The molecule has 0 saturated heterocycles. The van der Waals surface area contributed by atoms with E-state index in [1.165, 1.54) is 36.9 Å². The SMILES string of the molecule is CC(C)(C)C1=NCCO1.CC(C)(C)C1=NOCC1.CC(C)(C)c1ccno1.CC(C)(C)c1ccon1.CC(C)(C)c1cnc[nH]1.CC(C)(C)c1cnco1.CC(C)(C)c1nc2ccccc2o1.CC(C)(C)c1ncco1.CC(C)(C)c1ncno1.CC(C)(C)c1ncon1.CC(C)(C)c1nnco1.CC(C)(C)c1nncs1. The normalized spacial score (nSPS) is 13.1. The van der Waals surface area contributed by atoms with Crippen LogP contribution in [0.5, 0.6) is 0 Å². The fourth-order valence-electron chi connectivity index (χ4n) is 7.86. The molecule has 112 heavy (non-hydrogen) atoms. The fraction of sp³-hybridized carbons (Fsp3) is 0.619. The lowest BCUT2D eigenvalue weighted by atomic mass is 9.89. The summed E-state index contributed by atoms with van der Waals surface area (Å²) in [5.41, 5.74) is 7.93. The van der Waals surface area contributed by atoms with Crippen LogP contribution in [-0.2, 0) is 63.7 Å². The minimum atomic E-state index is -0.0174. The second-order valence-corrected chi connectivity index (χ2v) is 39.4. The van der Waals surface area contributed by atoms with Gasteiger partial charge in [-0.15, -0.1) is 31.7 Å². The van der Waals surface area contributed by atoms with E-state index >= 15 is 0 Å². The lowest BCUT2D eigenvalue weighted by Gasteiger charge is -2.16. The standard InChI is InChI=1S/C11H13NO.C7H12N2.C7H11NO.C7H13NO.C7H11NO.C7H13NO.2C7H11NO.3C6H10N2O.C6H10N2S/c1-11(2,3)10-12-8-6-4-5-7-9(8)13-10;2*1-7(2,3)6-4-8-5-9-6;2*1-7(2,3)6-8-4-5-9-6;2*1-7(2,3)6-4-5-9-8-6;1-7(2,3)6-4-5-8-9-6;1-6(2,3)5-8-7-4-9-5;1-6(2,3)5-7-4-9-8-5;1-6(2,3)5-7-4-8-9-5;1-6(2,3)5-8-7-4-9-5/h4-7H,1-3H3;4-5H,1-3H3,(H,8,9);4-5H,1-3H3;4-5H2,1-3H3;4-5H,1-3H3;4-5H2,1-3H3;2*4-5H,1-3H3;4*4H,1-3H3. The number of oxime groups is 1. The van der Waals surface area contributed by atoms with E-state index in [2.05, 4.69) is 278 Å².